The fourth-order valence-corrected chi connectivity index (χ4v) is 9.46. The minimum absolute atomic E-state index is 0.0230. The average molecular weight is 737 g/mol. The number of benzene rings is 1. The fourth-order valence-electron chi connectivity index (χ4n) is 8.71. The van der Waals surface area contributed by atoms with E-state index in [1.165, 1.54) is 33.3 Å². The topological polar surface area (TPSA) is 142 Å². The predicted molar refractivity (Wildman–Crippen MR) is 175 cm³/mol. The van der Waals surface area contributed by atoms with E-state index in [4.69, 9.17) is 9.47 Å². The van der Waals surface area contributed by atoms with Crippen LogP contribution in [0.15, 0.2) is 23.8 Å². The largest absolute Gasteiger partial charge is 0.493 e. The lowest BCUT2D eigenvalue weighted by Crippen LogP contribution is -2.59. The first-order valence-corrected chi connectivity index (χ1v) is 17.2. The number of nitrogens with one attached hydrogen (secondary N) is 1. The second kappa shape index (κ2) is 14.5. The van der Waals surface area contributed by atoms with Gasteiger partial charge in [0.25, 0.3) is 0 Å². The quantitative estimate of drug-likeness (QED) is 0.193. The molecule has 3 atom stereocenters. The number of rotatable bonds is 14. The highest BCUT2D eigenvalue weighted by atomic mass is 127. The minimum atomic E-state index is -1.17. The Morgan fingerprint density at radius 1 is 1.11 bits per heavy atom. The van der Waals surface area contributed by atoms with Crippen molar-refractivity contribution in [1.29, 1.82) is 0 Å². The van der Waals surface area contributed by atoms with Crippen molar-refractivity contribution in [3.63, 3.8) is 0 Å². The molecular weight excluding hydrogens is 691 g/mol. The number of aliphatic hydroxyl groups is 2. The van der Waals surface area contributed by atoms with Gasteiger partial charge in [0.2, 0.25) is 11.8 Å². The number of carbonyl (C=O) groups excluding carboxylic acids is 4. The third-order valence-corrected chi connectivity index (χ3v) is 11.0. The van der Waals surface area contributed by atoms with Crippen LogP contribution in [0.25, 0.3) is 0 Å². The number of hydrogen-bond donors (Lipinski definition) is 3. The number of ketones is 1. The molecular formula is C34H45IN2O8. The summed E-state index contributed by atoms with van der Waals surface area (Å²) in [5, 5.41) is 24.0. The molecule has 0 heterocycles. The first-order chi connectivity index (χ1) is 21.5. The van der Waals surface area contributed by atoms with Crippen LogP contribution in [0.1, 0.15) is 81.5 Å². The molecule has 4 fully saturated rings. The monoisotopic (exact) mass is 736 g/mol. The van der Waals surface area contributed by atoms with Crippen molar-refractivity contribution >= 4 is 46.5 Å². The van der Waals surface area contributed by atoms with Crippen LogP contribution in [0.3, 0.4) is 0 Å². The van der Waals surface area contributed by atoms with E-state index in [9.17, 15) is 29.4 Å². The van der Waals surface area contributed by atoms with Crippen molar-refractivity contribution in [1.82, 2.24) is 10.2 Å². The smallest absolute Gasteiger partial charge is 0.247 e. The molecule has 5 aliphatic carbocycles. The van der Waals surface area contributed by atoms with Crippen molar-refractivity contribution in [3.05, 3.63) is 32.9 Å². The summed E-state index contributed by atoms with van der Waals surface area (Å²) in [5.41, 5.74) is 0.739. The highest BCUT2D eigenvalue weighted by Gasteiger charge is 2.53. The number of aliphatic hydroxyl groups excluding tert-OH is 2. The maximum atomic E-state index is 14.1. The molecule has 45 heavy (non-hydrogen) atoms. The predicted octanol–water partition coefficient (Wildman–Crippen LogP) is 3.83. The molecule has 0 aromatic heterocycles. The molecule has 5 aliphatic rings. The van der Waals surface area contributed by atoms with E-state index in [2.05, 4.69) is 5.32 Å². The van der Waals surface area contributed by atoms with E-state index in [1.807, 2.05) is 22.6 Å². The van der Waals surface area contributed by atoms with Crippen molar-refractivity contribution in [3.8, 4) is 11.5 Å². The van der Waals surface area contributed by atoms with Crippen LogP contribution in [-0.2, 0) is 14.4 Å². The van der Waals surface area contributed by atoms with Crippen LogP contribution < -0.4 is 14.8 Å². The molecule has 246 valence electrons. The first kappa shape index (κ1) is 33.8. The van der Waals surface area contributed by atoms with Crippen LogP contribution in [-0.4, -0.2) is 84.1 Å². The van der Waals surface area contributed by atoms with Gasteiger partial charge in [-0.25, -0.2) is 0 Å². The average Bonchev–Trinajstić information content (AvgIpc) is 2.99. The van der Waals surface area contributed by atoms with Crippen molar-refractivity contribution in [2.45, 2.75) is 89.4 Å². The number of Topliss-reactive ketones (excluding diaryl/α,β-unsaturated/α-hetero) is 1. The van der Waals surface area contributed by atoms with Gasteiger partial charge in [0.15, 0.2) is 11.5 Å². The van der Waals surface area contributed by atoms with Gasteiger partial charge in [-0.2, -0.15) is 0 Å². The minimum Gasteiger partial charge on any atom is -0.493 e. The third-order valence-electron chi connectivity index (χ3n) is 10.2. The summed E-state index contributed by atoms with van der Waals surface area (Å²) in [4.78, 5) is 52.4. The van der Waals surface area contributed by atoms with E-state index in [-0.39, 0.29) is 43.1 Å². The summed E-state index contributed by atoms with van der Waals surface area (Å²) in [5.74, 6) is 2.13. The Hall–Kier alpha value is -2.51. The molecule has 0 aliphatic heterocycles. The first-order valence-electron chi connectivity index (χ1n) is 16.1. The van der Waals surface area contributed by atoms with Gasteiger partial charge in [-0.05, 0) is 116 Å². The van der Waals surface area contributed by atoms with Gasteiger partial charge in [0.05, 0.1) is 23.3 Å². The summed E-state index contributed by atoms with van der Waals surface area (Å²) in [6.45, 7) is 1.86. The van der Waals surface area contributed by atoms with Crippen LogP contribution in [0.4, 0.5) is 0 Å². The summed E-state index contributed by atoms with van der Waals surface area (Å²) < 4.78 is 12.5. The lowest BCUT2D eigenvalue weighted by Gasteiger charge is -2.58. The van der Waals surface area contributed by atoms with Crippen molar-refractivity contribution in [2.75, 3.05) is 26.8 Å². The molecule has 0 saturated heterocycles. The number of halogens is 1. The molecule has 0 spiro atoms. The zero-order chi connectivity index (χ0) is 32.3. The van der Waals surface area contributed by atoms with Gasteiger partial charge in [-0.15, -0.1) is 0 Å². The lowest BCUT2D eigenvalue weighted by molar-refractivity contribution is -0.147. The molecule has 4 bridgehead atoms. The van der Waals surface area contributed by atoms with Gasteiger partial charge in [0, 0.05) is 43.5 Å². The Kier molecular flexibility index (Phi) is 10.9. The Bertz CT molecular complexity index is 1290. The summed E-state index contributed by atoms with van der Waals surface area (Å²) in [6, 6.07) is 2.45. The normalized spacial score (nSPS) is 29.9. The second-order valence-electron chi connectivity index (χ2n) is 13.7. The Morgan fingerprint density at radius 3 is 2.36 bits per heavy atom. The van der Waals surface area contributed by atoms with Crippen LogP contribution >= 0.6 is 22.6 Å². The summed E-state index contributed by atoms with van der Waals surface area (Å²) >= 11 is 2.04. The maximum Gasteiger partial charge on any atom is 0.247 e. The number of amides is 2. The Balaban J connectivity index is 1.49. The molecule has 2 amide bonds. The van der Waals surface area contributed by atoms with E-state index >= 15 is 0 Å². The summed E-state index contributed by atoms with van der Waals surface area (Å²) in [6.07, 6.45) is 8.13. The molecule has 1 aromatic rings. The third kappa shape index (κ3) is 7.73. The fraction of sp³-hybridized carbons (Fsp3) is 0.647. The zero-order valence-electron chi connectivity index (χ0n) is 26.1. The molecule has 3 N–H and O–H groups in total. The standard InChI is InChI=1S/C34H45IN2O8/c1-20(40)4-3-5-30(41)37(19-34-15-21-8-22(16-34)10-23(9-21)17-34)27-13-25(33(43)36-6-7-38)14-28(31(27)42)45-32-26(35)11-24(18-39)12-29(32)44-2/h11-12,14,18,21-23,27-28,31,38,42H,3-10,13,15-17,19H2,1-2H3,(H,36,43). The lowest BCUT2D eigenvalue weighted by atomic mass is 9.49. The van der Waals surface area contributed by atoms with Crippen LogP contribution in [0.2, 0.25) is 0 Å². The summed E-state index contributed by atoms with van der Waals surface area (Å²) in [7, 11) is 1.46. The van der Waals surface area contributed by atoms with Crippen LogP contribution in [0, 0.1) is 26.7 Å². The highest BCUT2D eigenvalue weighted by Crippen LogP contribution is 2.60. The number of carbonyl (C=O) groups is 4. The number of nitrogens with zero attached hydrogens (tertiary/aromatic N) is 1. The van der Waals surface area contributed by atoms with E-state index in [0.717, 1.165) is 19.3 Å². The number of ether oxygens (including phenoxy) is 2. The maximum absolute atomic E-state index is 14.1. The zero-order valence-corrected chi connectivity index (χ0v) is 28.3. The van der Waals surface area contributed by atoms with Gasteiger partial charge >= 0.3 is 0 Å². The second-order valence-corrected chi connectivity index (χ2v) is 14.8. The molecule has 11 heteroatoms. The number of hydrogen-bond acceptors (Lipinski definition) is 8. The van der Waals surface area contributed by atoms with Gasteiger partial charge < -0.3 is 34.7 Å². The van der Waals surface area contributed by atoms with E-state index in [1.54, 1.807) is 23.1 Å². The SMILES string of the molecule is COc1cc(C=O)cc(I)c1OC1C=C(C(=O)NCCO)CC(N(CC23CC4CC(CC(C4)C2)C3)C(=O)CCCC(C)=O)C1O. The molecule has 10 nitrogen and oxygen atoms in total. The van der Waals surface area contributed by atoms with Gasteiger partial charge in [-0.1, -0.05) is 0 Å². The molecule has 1 aromatic carbocycles. The Morgan fingerprint density at radius 2 is 1.78 bits per heavy atom. The highest BCUT2D eigenvalue weighted by molar-refractivity contribution is 14.1. The Labute approximate surface area is 278 Å². The number of methoxy groups -OCH3 is 1. The molecule has 0 radical (unpaired) electrons. The van der Waals surface area contributed by atoms with Gasteiger partial charge in [-0.3, -0.25) is 14.4 Å². The van der Waals surface area contributed by atoms with Gasteiger partial charge in [0.1, 0.15) is 24.3 Å². The van der Waals surface area contributed by atoms with Crippen molar-refractivity contribution in [2.24, 2.45) is 23.2 Å². The van der Waals surface area contributed by atoms with E-state index in [0.29, 0.717) is 69.6 Å². The molecule has 3 unspecified atom stereocenters. The number of aldehydes is 1. The van der Waals surface area contributed by atoms with Crippen LogP contribution in [0.5, 0.6) is 11.5 Å². The molecule has 6 rings (SSSR count). The van der Waals surface area contributed by atoms with E-state index < -0.39 is 24.2 Å². The molecule has 4 saturated carbocycles. The van der Waals surface area contributed by atoms with Crippen molar-refractivity contribution < 1.29 is 38.9 Å².